The molecule has 0 spiro atoms. The maximum Gasteiger partial charge on any atom is 0.262 e. The van der Waals surface area contributed by atoms with E-state index in [9.17, 15) is 9.59 Å². The minimum absolute atomic E-state index is 0.102. The smallest absolute Gasteiger partial charge is 0.262 e. The van der Waals surface area contributed by atoms with Crippen molar-refractivity contribution in [2.45, 2.75) is 39.7 Å². The maximum absolute atomic E-state index is 12.5. The number of hydrogen-bond acceptors (Lipinski definition) is 7. The van der Waals surface area contributed by atoms with Gasteiger partial charge in [0.25, 0.3) is 5.56 Å². The van der Waals surface area contributed by atoms with E-state index >= 15 is 0 Å². The van der Waals surface area contributed by atoms with Gasteiger partial charge in [0.05, 0.1) is 11.7 Å². The average Bonchev–Trinajstić information content (AvgIpc) is 3.17. The molecule has 24 heavy (non-hydrogen) atoms. The Morgan fingerprint density at radius 1 is 1.33 bits per heavy atom. The lowest BCUT2D eigenvalue weighted by Crippen LogP contribution is -2.27. The second-order valence-corrected chi connectivity index (χ2v) is 7.74. The fourth-order valence-corrected chi connectivity index (χ4v) is 3.82. The minimum atomic E-state index is -0.323. The standard InChI is InChI=1S/C15H17N5O2S2/c1-4-9-5-10-13(23-9)16-7-20(14(10)22)6-11(21)17-15-19-18-12(24-15)8(2)3/h5,7-8H,4,6H2,1-3H3,(H,17,19,21). The minimum Gasteiger partial charge on any atom is -0.299 e. The number of hydrogen-bond donors (Lipinski definition) is 1. The number of anilines is 1. The van der Waals surface area contributed by atoms with E-state index in [1.54, 1.807) is 0 Å². The summed E-state index contributed by atoms with van der Waals surface area (Å²) in [4.78, 5) is 30.7. The number of rotatable bonds is 5. The molecule has 7 nitrogen and oxygen atoms in total. The summed E-state index contributed by atoms with van der Waals surface area (Å²) in [6, 6.07) is 1.85. The first-order valence-corrected chi connectivity index (χ1v) is 9.22. The van der Waals surface area contributed by atoms with Crippen molar-refractivity contribution in [3.63, 3.8) is 0 Å². The first-order chi connectivity index (χ1) is 11.5. The molecule has 0 aliphatic heterocycles. The Hall–Kier alpha value is -2.13. The number of fused-ring (bicyclic) bond motifs is 1. The summed E-state index contributed by atoms with van der Waals surface area (Å²) in [6.45, 7) is 5.95. The molecule has 0 bridgehead atoms. The summed E-state index contributed by atoms with van der Waals surface area (Å²) in [5, 5.41) is 12.5. The molecule has 3 aromatic rings. The molecule has 0 aliphatic carbocycles. The number of amides is 1. The largest absolute Gasteiger partial charge is 0.299 e. The summed E-state index contributed by atoms with van der Waals surface area (Å²) in [6.07, 6.45) is 2.27. The van der Waals surface area contributed by atoms with Gasteiger partial charge in [-0.2, -0.15) is 0 Å². The van der Waals surface area contributed by atoms with E-state index in [2.05, 4.69) is 20.5 Å². The molecule has 126 valence electrons. The summed E-state index contributed by atoms with van der Waals surface area (Å²) in [5.74, 6) is -0.0654. The molecule has 3 aromatic heterocycles. The van der Waals surface area contributed by atoms with Crippen molar-refractivity contribution in [1.29, 1.82) is 0 Å². The van der Waals surface area contributed by atoms with Crippen LogP contribution in [0.1, 0.15) is 36.6 Å². The molecule has 0 aliphatic rings. The topological polar surface area (TPSA) is 89.8 Å². The molecule has 9 heteroatoms. The Morgan fingerprint density at radius 2 is 2.12 bits per heavy atom. The van der Waals surface area contributed by atoms with Gasteiger partial charge < -0.3 is 0 Å². The predicted octanol–water partition coefficient (Wildman–Crippen LogP) is 2.63. The summed E-state index contributed by atoms with van der Waals surface area (Å²) < 4.78 is 1.31. The van der Waals surface area contributed by atoms with Crippen LogP contribution >= 0.6 is 22.7 Å². The monoisotopic (exact) mass is 363 g/mol. The van der Waals surface area contributed by atoms with E-state index in [-0.39, 0.29) is 23.9 Å². The van der Waals surface area contributed by atoms with E-state index in [4.69, 9.17) is 0 Å². The third-order valence-electron chi connectivity index (χ3n) is 3.41. The molecule has 0 radical (unpaired) electrons. The Morgan fingerprint density at radius 3 is 2.79 bits per heavy atom. The van der Waals surface area contributed by atoms with Crippen molar-refractivity contribution in [2.24, 2.45) is 0 Å². The van der Waals surface area contributed by atoms with Crippen molar-refractivity contribution in [1.82, 2.24) is 19.7 Å². The zero-order valence-corrected chi connectivity index (χ0v) is 15.2. The van der Waals surface area contributed by atoms with Gasteiger partial charge in [0.2, 0.25) is 11.0 Å². The lowest BCUT2D eigenvalue weighted by molar-refractivity contribution is -0.116. The maximum atomic E-state index is 12.5. The van der Waals surface area contributed by atoms with E-state index in [1.807, 2.05) is 26.8 Å². The highest BCUT2D eigenvalue weighted by molar-refractivity contribution is 7.18. The fourth-order valence-electron chi connectivity index (χ4n) is 2.13. The van der Waals surface area contributed by atoms with Gasteiger partial charge in [-0.1, -0.05) is 32.1 Å². The predicted molar refractivity (Wildman–Crippen MR) is 95.9 cm³/mol. The van der Waals surface area contributed by atoms with Crippen LogP contribution in [0.15, 0.2) is 17.2 Å². The molecule has 0 aromatic carbocycles. The van der Waals surface area contributed by atoms with Crippen LogP contribution in [0.5, 0.6) is 0 Å². The Bertz CT molecular complexity index is 941. The normalized spacial score (nSPS) is 11.3. The van der Waals surface area contributed by atoms with Crippen LogP contribution in [-0.4, -0.2) is 25.7 Å². The number of carbonyl (C=O) groups excluding carboxylic acids is 1. The van der Waals surface area contributed by atoms with Crippen molar-refractivity contribution in [3.05, 3.63) is 32.6 Å². The molecule has 3 heterocycles. The van der Waals surface area contributed by atoms with Crippen LogP contribution in [0.2, 0.25) is 0 Å². The number of aryl methyl sites for hydroxylation is 1. The highest BCUT2D eigenvalue weighted by Gasteiger charge is 2.13. The molecular weight excluding hydrogens is 346 g/mol. The Balaban J connectivity index is 1.77. The van der Waals surface area contributed by atoms with Crippen molar-refractivity contribution >= 4 is 43.9 Å². The molecule has 1 amide bonds. The van der Waals surface area contributed by atoms with E-state index in [0.29, 0.717) is 15.3 Å². The zero-order valence-electron chi connectivity index (χ0n) is 13.6. The van der Waals surface area contributed by atoms with E-state index in [1.165, 1.54) is 33.6 Å². The SMILES string of the molecule is CCc1cc2c(=O)n(CC(=O)Nc3nnc(C(C)C)s3)cnc2s1. The van der Waals surface area contributed by atoms with Crippen LogP contribution in [0.3, 0.4) is 0 Å². The first kappa shape index (κ1) is 16.7. The molecule has 1 N–H and O–H groups in total. The molecular formula is C15H17N5O2S2. The summed E-state index contributed by atoms with van der Waals surface area (Å²) in [7, 11) is 0. The third-order valence-corrected chi connectivity index (χ3v) is 5.74. The van der Waals surface area contributed by atoms with Gasteiger partial charge in [0, 0.05) is 10.8 Å². The molecule has 0 saturated heterocycles. The lowest BCUT2D eigenvalue weighted by Gasteiger charge is -2.04. The van der Waals surface area contributed by atoms with E-state index < -0.39 is 0 Å². The lowest BCUT2D eigenvalue weighted by atomic mass is 10.2. The fraction of sp³-hybridized carbons (Fsp3) is 0.400. The average molecular weight is 363 g/mol. The number of nitrogens with zero attached hydrogens (tertiary/aromatic N) is 4. The van der Waals surface area contributed by atoms with Gasteiger partial charge in [-0.05, 0) is 12.5 Å². The molecule has 0 fully saturated rings. The van der Waals surface area contributed by atoms with Gasteiger partial charge in [-0.3, -0.25) is 19.5 Å². The summed E-state index contributed by atoms with van der Waals surface area (Å²) in [5.41, 5.74) is -0.203. The third kappa shape index (κ3) is 3.36. The van der Waals surface area contributed by atoms with Crippen LogP contribution < -0.4 is 10.9 Å². The Labute approximate surface area is 146 Å². The van der Waals surface area contributed by atoms with Gasteiger partial charge in [0.15, 0.2) is 0 Å². The molecule has 0 atom stereocenters. The molecule has 0 saturated carbocycles. The number of carbonyl (C=O) groups is 1. The number of nitrogens with one attached hydrogen (secondary N) is 1. The van der Waals surface area contributed by atoms with Crippen molar-refractivity contribution in [2.75, 3.05) is 5.32 Å². The van der Waals surface area contributed by atoms with Crippen molar-refractivity contribution < 1.29 is 4.79 Å². The van der Waals surface area contributed by atoms with Crippen LogP contribution in [-0.2, 0) is 17.8 Å². The second kappa shape index (κ2) is 6.78. The number of aromatic nitrogens is 4. The van der Waals surface area contributed by atoms with Crippen LogP contribution in [0, 0.1) is 0 Å². The van der Waals surface area contributed by atoms with Gasteiger partial charge >= 0.3 is 0 Å². The molecule has 0 unspecified atom stereocenters. The van der Waals surface area contributed by atoms with Gasteiger partial charge in [-0.25, -0.2) is 4.98 Å². The van der Waals surface area contributed by atoms with Gasteiger partial charge in [0.1, 0.15) is 16.4 Å². The Kier molecular flexibility index (Phi) is 4.72. The first-order valence-electron chi connectivity index (χ1n) is 7.59. The van der Waals surface area contributed by atoms with E-state index in [0.717, 1.165) is 16.3 Å². The van der Waals surface area contributed by atoms with Gasteiger partial charge in [-0.15, -0.1) is 21.5 Å². The summed E-state index contributed by atoms with van der Waals surface area (Å²) >= 11 is 2.84. The van der Waals surface area contributed by atoms with Crippen molar-refractivity contribution in [3.8, 4) is 0 Å². The second-order valence-electron chi connectivity index (χ2n) is 5.61. The highest BCUT2D eigenvalue weighted by atomic mass is 32.1. The molecule has 3 rings (SSSR count). The quantitative estimate of drug-likeness (QED) is 0.752. The van der Waals surface area contributed by atoms with Crippen LogP contribution in [0.25, 0.3) is 10.2 Å². The van der Waals surface area contributed by atoms with Crippen LogP contribution in [0.4, 0.5) is 5.13 Å². The number of thiophene rings is 1. The highest BCUT2D eigenvalue weighted by Crippen LogP contribution is 2.23. The zero-order chi connectivity index (χ0) is 17.3.